The van der Waals surface area contributed by atoms with Crippen LogP contribution in [-0.4, -0.2) is 40.0 Å². The minimum atomic E-state index is -4.57. The van der Waals surface area contributed by atoms with Gasteiger partial charge >= 0.3 is 6.18 Å². The normalized spacial score (nSPS) is 17.4. The van der Waals surface area contributed by atoms with Crippen LogP contribution in [0, 0.1) is 5.92 Å². The fraction of sp³-hybridized carbons (Fsp3) is 0.267. The summed E-state index contributed by atoms with van der Waals surface area (Å²) in [7, 11) is 1.78. The minimum absolute atomic E-state index is 0.120. The molecule has 10 nitrogen and oxygen atoms in total. The Hall–Kier alpha value is -4.78. The zero-order chi connectivity index (χ0) is 31.2. The summed E-state index contributed by atoms with van der Waals surface area (Å²) in [4.78, 5) is 35.7. The number of nitrogens with one attached hydrogen (secondary N) is 1. The smallest absolute Gasteiger partial charge is 0.323 e. The number of rotatable bonds is 3. The number of hydrogen-bond donors (Lipinski definition) is 1. The molecule has 44 heavy (non-hydrogen) atoms. The molecule has 6 rings (SSSR count). The second-order valence-electron chi connectivity index (χ2n) is 10.7. The third-order valence-corrected chi connectivity index (χ3v) is 7.95. The van der Waals surface area contributed by atoms with Crippen molar-refractivity contribution in [2.75, 3.05) is 5.32 Å². The van der Waals surface area contributed by atoms with Gasteiger partial charge in [0, 0.05) is 47.6 Å². The molecule has 0 radical (unpaired) electrons. The van der Waals surface area contributed by atoms with Crippen molar-refractivity contribution in [1.29, 1.82) is 0 Å². The molecule has 0 spiro atoms. The standard InChI is InChI=1S/C30H26ClF3N8O2/c1-17-4-3-5-26(23-10-18(8-9-35-23)28-24(39-29(17)44)14-37-40(28)2)41-16-36-22(12-27(41)43)21-11-20(31)6-7-25(21)42-15-19(13-38-42)30(32,33)34/h6-17,26H,3-5H2,1-2H3,(H,39,44). The molecule has 1 aromatic carbocycles. The average Bonchev–Trinajstić information content (AvgIpc) is 3.62. The second-order valence-corrected chi connectivity index (χ2v) is 11.1. The summed E-state index contributed by atoms with van der Waals surface area (Å²) in [6.45, 7) is 1.85. The van der Waals surface area contributed by atoms with Crippen LogP contribution in [0.1, 0.15) is 43.5 Å². The number of halogens is 4. The molecule has 0 aliphatic carbocycles. The molecule has 4 aromatic heterocycles. The number of amides is 1. The van der Waals surface area contributed by atoms with Crippen molar-refractivity contribution in [3.05, 3.63) is 94.1 Å². The zero-order valence-corrected chi connectivity index (χ0v) is 24.3. The number of nitrogens with zero attached hydrogens (tertiary/aromatic N) is 7. The average molecular weight is 623 g/mol. The van der Waals surface area contributed by atoms with Crippen molar-refractivity contribution in [3.8, 4) is 28.2 Å². The first-order chi connectivity index (χ1) is 21.0. The van der Waals surface area contributed by atoms with E-state index in [0.717, 1.165) is 22.6 Å². The summed E-state index contributed by atoms with van der Waals surface area (Å²) in [5.74, 6) is -0.404. The molecule has 2 bridgehead atoms. The molecule has 2 unspecified atom stereocenters. The first-order valence-corrected chi connectivity index (χ1v) is 14.2. The highest BCUT2D eigenvalue weighted by Crippen LogP contribution is 2.34. The van der Waals surface area contributed by atoms with E-state index in [0.29, 0.717) is 46.9 Å². The maximum atomic E-state index is 13.7. The maximum Gasteiger partial charge on any atom is 0.419 e. The molecule has 5 aromatic rings. The van der Waals surface area contributed by atoms with Crippen LogP contribution in [0.3, 0.4) is 0 Å². The Balaban J connectivity index is 1.42. The maximum absolute atomic E-state index is 13.7. The lowest BCUT2D eigenvalue weighted by atomic mass is 9.97. The summed E-state index contributed by atoms with van der Waals surface area (Å²) < 4.78 is 44.0. The summed E-state index contributed by atoms with van der Waals surface area (Å²) >= 11 is 6.25. The van der Waals surface area contributed by atoms with Crippen LogP contribution >= 0.6 is 11.6 Å². The Bertz CT molecular complexity index is 1930. The molecule has 226 valence electrons. The van der Waals surface area contributed by atoms with Gasteiger partial charge in [-0.1, -0.05) is 24.9 Å². The number of carbonyl (C=O) groups excluding carboxylic acids is 1. The Morgan fingerprint density at radius 2 is 1.84 bits per heavy atom. The molecular formula is C30H26ClF3N8O2. The molecule has 1 amide bonds. The number of aryl methyl sites for hydroxylation is 1. The van der Waals surface area contributed by atoms with E-state index >= 15 is 0 Å². The highest BCUT2D eigenvalue weighted by Gasteiger charge is 2.32. The molecule has 1 N–H and O–H groups in total. The van der Waals surface area contributed by atoms with Gasteiger partial charge < -0.3 is 5.32 Å². The molecule has 1 aliphatic heterocycles. The van der Waals surface area contributed by atoms with E-state index in [-0.39, 0.29) is 23.2 Å². The predicted octanol–water partition coefficient (Wildman–Crippen LogP) is 5.91. The lowest BCUT2D eigenvalue weighted by Crippen LogP contribution is -2.27. The molecule has 0 saturated heterocycles. The number of hydrogen-bond acceptors (Lipinski definition) is 6. The van der Waals surface area contributed by atoms with Crippen LogP contribution in [0.5, 0.6) is 0 Å². The fourth-order valence-corrected chi connectivity index (χ4v) is 5.56. The highest BCUT2D eigenvalue weighted by molar-refractivity contribution is 6.31. The molecule has 5 heterocycles. The van der Waals surface area contributed by atoms with Crippen LogP contribution < -0.4 is 10.9 Å². The van der Waals surface area contributed by atoms with E-state index in [4.69, 9.17) is 11.6 Å². The first-order valence-electron chi connectivity index (χ1n) is 13.8. The molecule has 0 fully saturated rings. The lowest BCUT2D eigenvalue weighted by Gasteiger charge is -2.22. The predicted molar refractivity (Wildman–Crippen MR) is 157 cm³/mol. The third kappa shape index (κ3) is 5.62. The first kappa shape index (κ1) is 29.3. The van der Waals surface area contributed by atoms with Crippen LogP contribution in [0.25, 0.3) is 28.2 Å². The van der Waals surface area contributed by atoms with Gasteiger partial charge in [-0.25, -0.2) is 9.67 Å². The van der Waals surface area contributed by atoms with Gasteiger partial charge in [-0.3, -0.25) is 23.8 Å². The molecule has 0 saturated carbocycles. The van der Waals surface area contributed by atoms with Crippen molar-refractivity contribution in [2.24, 2.45) is 13.0 Å². The summed E-state index contributed by atoms with van der Waals surface area (Å²) in [5, 5.41) is 11.5. The highest BCUT2D eigenvalue weighted by atomic mass is 35.5. The van der Waals surface area contributed by atoms with Gasteiger partial charge in [0.25, 0.3) is 5.56 Å². The number of alkyl halides is 3. The van der Waals surface area contributed by atoms with Gasteiger partial charge in [-0.05, 0) is 43.2 Å². The summed E-state index contributed by atoms with van der Waals surface area (Å²) in [6.07, 6.45) is 3.39. The number of pyridine rings is 1. The Morgan fingerprint density at radius 1 is 1.02 bits per heavy atom. The minimum Gasteiger partial charge on any atom is -0.323 e. The molecule has 2 atom stereocenters. The monoisotopic (exact) mass is 622 g/mol. The van der Waals surface area contributed by atoms with Gasteiger partial charge in [0.2, 0.25) is 5.91 Å². The van der Waals surface area contributed by atoms with Gasteiger partial charge in [0.05, 0.1) is 58.8 Å². The summed E-state index contributed by atoms with van der Waals surface area (Å²) in [6, 6.07) is 9.06. The van der Waals surface area contributed by atoms with E-state index in [1.165, 1.54) is 35.2 Å². The van der Waals surface area contributed by atoms with Crippen molar-refractivity contribution >= 4 is 23.2 Å². The van der Waals surface area contributed by atoms with E-state index < -0.39 is 23.3 Å². The molecule has 1 aliphatic rings. The number of benzene rings is 1. The van der Waals surface area contributed by atoms with Gasteiger partial charge in [-0.2, -0.15) is 23.4 Å². The van der Waals surface area contributed by atoms with E-state index in [1.807, 2.05) is 19.1 Å². The van der Waals surface area contributed by atoms with Crippen LogP contribution in [0.15, 0.2) is 72.3 Å². The van der Waals surface area contributed by atoms with E-state index in [9.17, 15) is 22.8 Å². The van der Waals surface area contributed by atoms with Gasteiger partial charge in [0.1, 0.15) is 0 Å². The van der Waals surface area contributed by atoms with Crippen molar-refractivity contribution in [2.45, 2.75) is 38.4 Å². The largest absolute Gasteiger partial charge is 0.419 e. The Labute approximate surface area is 254 Å². The van der Waals surface area contributed by atoms with Crippen molar-refractivity contribution in [3.63, 3.8) is 0 Å². The lowest BCUT2D eigenvalue weighted by molar-refractivity contribution is -0.137. The van der Waals surface area contributed by atoms with Crippen molar-refractivity contribution in [1.82, 2.24) is 34.1 Å². The quantitative estimate of drug-likeness (QED) is 0.268. The van der Waals surface area contributed by atoms with Gasteiger partial charge in [0.15, 0.2) is 0 Å². The number of fused-ring (bicyclic) bond motifs is 4. The van der Waals surface area contributed by atoms with Crippen LogP contribution in [0.4, 0.5) is 18.9 Å². The SMILES string of the molecule is CC1CCCC(n2cnc(-c3cc(Cl)ccc3-n3cc(C(F)(F)F)cn3)cc2=O)c2cc(ccn2)-c2c(cnn2C)NC1=O. The topological polar surface area (TPSA) is 113 Å². The summed E-state index contributed by atoms with van der Waals surface area (Å²) in [5.41, 5.74) is 2.20. The van der Waals surface area contributed by atoms with E-state index in [1.54, 1.807) is 24.1 Å². The number of carbonyl (C=O) groups is 1. The number of aromatic nitrogens is 7. The molecule has 14 heteroatoms. The third-order valence-electron chi connectivity index (χ3n) is 7.72. The molecular weight excluding hydrogens is 597 g/mol. The van der Waals surface area contributed by atoms with E-state index in [2.05, 4.69) is 25.5 Å². The number of anilines is 1. The van der Waals surface area contributed by atoms with Crippen LogP contribution in [-0.2, 0) is 18.0 Å². The van der Waals surface area contributed by atoms with Gasteiger partial charge in [-0.15, -0.1) is 0 Å². The Kier molecular flexibility index (Phi) is 7.58. The van der Waals surface area contributed by atoms with Crippen LogP contribution in [0.2, 0.25) is 5.02 Å². The van der Waals surface area contributed by atoms with Crippen molar-refractivity contribution < 1.29 is 18.0 Å². The fourth-order valence-electron chi connectivity index (χ4n) is 5.39. The second kappa shape index (κ2) is 11.4. The zero-order valence-electron chi connectivity index (χ0n) is 23.6. The Morgan fingerprint density at radius 3 is 2.59 bits per heavy atom.